The Hall–Kier alpha value is -4.06. The average Bonchev–Trinajstić information content (AvgIpc) is 3.41. The van der Waals surface area contributed by atoms with Crippen LogP contribution in [0.15, 0.2) is 69.7 Å². The number of nitro benzene ring substituents is 1. The zero-order valence-corrected chi connectivity index (χ0v) is 16.1. The van der Waals surface area contributed by atoms with Crippen LogP contribution in [0.25, 0.3) is 11.5 Å². The van der Waals surface area contributed by atoms with Crippen LogP contribution in [0.4, 0.5) is 5.69 Å². The SMILES string of the molecule is Cn1cnnc1Sc1ccc(C(=O)Oc2ccc(-c3nnco3)cc2)cc1[N+](=O)[O-]. The van der Waals surface area contributed by atoms with Gasteiger partial charge in [-0.15, -0.1) is 20.4 Å². The Morgan fingerprint density at radius 1 is 1.17 bits per heavy atom. The molecule has 2 aromatic heterocycles. The molecule has 0 N–H and O–H groups in total. The van der Waals surface area contributed by atoms with Crippen molar-refractivity contribution in [2.24, 2.45) is 7.05 Å². The molecule has 0 bridgehead atoms. The van der Waals surface area contributed by atoms with Crippen molar-refractivity contribution in [1.82, 2.24) is 25.0 Å². The van der Waals surface area contributed by atoms with Crippen LogP contribution in [0.3, 0.4) is 0 Å². The van der Waals surface area contributed by atoms with Crippen LogP contribution in [-0.2, 0) is 7.05 Å². The molecule has 0 radical (unpaired) electrons. The van der Waals surface area contributed by atoms with Gasteiger partial charge in [0.25, 0.3) is 5.69 Å². The molecule has 0 fully saturated rings. The number of aromatic nitrogens is 5. The van der Waals surface area contributed by atoms with Crippen LogP contribution < -0.4 is 4.74 Å². The van der Waals surface area contributed by atoms with Gasteiger partial charge >= 0.3 is 5.97 Å². The Morgan fingerprint density at radius 2 is 1.97 bits per heavy atom. The van der Waals surface area contributed by atoms with Crippen molar-refractivity contribution in [1.29, 1.82) is 0 Å². The standard InChI is InChI=1S/C18H12N6O5S/c1-23-9-19-22-18(23)30-15-7-4-12(8-14(15)24(26)27)17(25)29-13-5-2-11(3-6-13)16-21-20-10-28-16/h2-10H,1H3. The second-order valence-corrected chi connectivity index (χ2v) is 6.93. The molecular weight excluding hydrogens is 412 g/mol. The summed E-state index contributed by atoms with van der Waals surface area (Å²) in [5.74, 6) is -0.123. The summed E-state index contributed by atoms with van der Waals surface area (Å²) in [5, 5.41) is 27.0. The maximum Gasteiger partial charge on any atom is 0.343 e. The number of carbonyl (C=O) groups is 1. The number of benzene rings is 2. The van der Waals surface area contributed by atoms with Crippen molar-refractivity contribution in [2.45, 2.75) is 10.1 Å². The number of carbonyl (C=O) groups excluding carboxylic acids is 1. The predicted octanol–water partition coefficient (Wildman–Crippen LogP) is 3.14. The smallest absolute Gasteiger partial charge is 0.343 e. The second kappa shape index (κ2) is 8.13. The summed E-state index contributed by atoms with van der Waals surface area (Å²) in [4.78, 5) is 23.7. The number of aryl methyl sites for hydroxylation is 1. The van der Waals surface area contributed by atoms with E-state index in [4.69, 9.17) is 9.15 Å². The highest BCUT2D eigenvalue weighted by molar-refractivity contribution is 7.99. The van der Waals surface area contributed by atoms with Crippen molar-refractivity contribution in [3.05, 3.63) is 70.9 Å². The summed E-state index contributed by atoms with van der Waals surface area (Å²) in [6, 6.07) is 10.5. The topological polar surface area (TPSA) is 139 Å². The van der Waals surface area contributed by atoms with Gasteiger partial charge in [-0.05, 0) is 48.2 Å². The van der Waals surface area contributed by atoms with Crippen molar-refractivity contribution in [3.8, 4) is 17.2 Å². The molecule has 0 saturated heterocycles. The summed E-state index contributed by atoms with van der Waals surface area (Å²) in [5.41, 5.74) is 0.474. The second-order valence-electron chi connectivity index (χ2n) is 5.92. The minimum atomic E-state index is -0.723. The third-order valence-corrected chi connectivity index (χ3v) is 5.05. The van der Waals surface area contributed by atoms with Gasteiger partial charge in [-0.25, -0.2) is 4.79 Å². The highest BCUT2D eigenvalue weighted by atomic mass is 32.2. The largest absolute Gasteiger partial charge is 0.423 e. The molecule has 0 atom stereocenters. The third-order valence-electron chi connectivity index (χ3n) is 3.93. The van der Waals surface area contributed by atoms with Gasteiger partial charge in [-0.1, -0.05) is 0 Å². The highest BCUT2D eigenvalue weighted by Crippen LogP contribution is 2.34. The first-order chi connectivity index (χ1) is 14.5. The minimum absolute atomic E-state index is 0.0463. The monoisotopic (exact) mass is 424 g/mol. The molecule has 4 aromatic rings. The molecule has 0 spiro atoms. The average molecular weight is 424 g/mol. The van der Waals surface area contributed by atoms with E-state index in [1.165, 1.54) is 30.9 Å². The Labute approximate surface area is 172 Å². The summed E-state index contributed by atoms with van der Waals surface area (Å²) in [7, 11) is 1.73. The molecule has 0 aliphatic rings. The fraction of sp³-hybridized carbons (Fsp3) is 0.0556. The molecule has 0 amide bonds. The normalized spacial score (nSPS) is 10.7. The van der Waals surface area contributed by atoms with Gasteiger partial charge in [-0.2, -0.15) is 0 Å². The zero-order valence-electron chi connectivity index (χ0n) is 15.3. The molecule has 0 aliphatic carbocycles. The number of hydrogen-bond acceptors (Lipinski definition) is 10. The zero-order chi connectivity index (χ0) is 21.1. The lowest BCUT2D eigenvalue weighted by atomic mass is 10.2. The fourth-order valence-corrected chi connectivity index (χ4v) is 3.32. The number of nitro groups is 1. The number of esters is 1. The Kier molecular flexibility index (Phi) is 5.22. The van der Waals surface area contributed by atoms with Crippen molar-refractivity contribution in [2.75, 3.05) is 0 Å². The molecule has 2 aromatic carbocycles. The van der Waals surface area contributed by atoms with Crippen LogP contribution >= 0.6 is 11.8 Å². The number of ether oxygens (including phenoxy) is 1. The maximum atomic E-state index is 12.5. The predicted molar refractivity (Wildman–Crippen MR) is 103 cm³/mol. The maximum absolute atomic E-state index is 12.5. The summed E-state index contributed by atoms with van der Waals surface area (Å²) in [6.45, 7) is 0. The number of nitrogens with zero attached hydrogens (tertiary/aromatic N) is 6. The van der Waals surface area contributed by atoms with Gasteiger partial charge in [-0.3, -0.25) is 10.1 Å². The van der Waals surface area contributed by atoms with Gasteiger partial charge in [0.1, 0.15) is 12.1 Å². The molecule has 0 saturated carbocycles. The molecule has 150 valence electrons. The van der Waals surface area contributed by atoms with Crippen LogP contribution in [0, 0.1) is 10.1 Å². The lowest BCUT2D eigenvalue weighted by molar-refractivity contribution is -0.387. The fourth-order valence-electron chi connectivity index (χ4n) is 2.47. The molecule has 2 heterocycles. The Bertz CT molecular complexity index is 1210. The molecule has 0 unspecified atom stereocenters. The van der Waals surface area contributed by atoms with E-state index in [1.807, 2.05) is 0 Å². The van der Waals surface area contributed by atoms with E-state index in [9.17, 15) is 14.9 Å². The van der Waals surface area contributed by atoms with E-state index in [-0.39, 0.29) is 17.0 Å². The van der Waals surface area contributed by atoms with Gasteiger partial charge in [0.05, 0.1) is 15.4 Å². The van der Waals surface area contributed by atoms with Gasteiger partial charge in [0, 0.05) is 18.7 Å². The summed E-state index contributed by atoms with van der Waals surface area (Å²) >= 11 is 1.08. The minimum Gasteiger partial charge on any atom is -0.423 e. The number of rotatable bonds is 6. The van der Waals surface area contributed by atoms with Crippen LogP contribution in [0.2, 0.25) is 0 Å². The molecule has 30 heavy (non-hydrogen) atoms. The first-order valence-corrected chi connectivity index (χ1v) is 9.22. The van der Waals surface area contributed by atoms with E-state index in [0.717, 1.165) is 11.8 Å². The highest BCUT2D eigenvalue weighted by Gasteiger charge is 2.21. The van der Waals surface area contributed by atoms with E-state index >= 15 is 0 Å². The molecule has 0 aliphatic heterocycles. The van der Waals surface area contributed by atoms with Crippen LogP contribution in [-0.4, -0.2) is 35.9 Å². The van der Waals surface area contributed by atoms with E-state index in [2.05, 4.69) is 20.4 Å². The Balaban J connectivity index is 1.53. The van der Waals surface area contributed by atoms with Gasteiger partial charge in [0.15, 0.2) is 5.16 Å². The van der Waals surface area contributed by atoms with Crippen molar-refractivity contribution >= 4 is 23.4 Å². The molecule has 12 heteroatoms. The third kappa shape index (κ3) is 4.03. The van der Waals surface area contributed by atoms with Crippen molar-refractivity contribution < 1.29 is 18.9 Å². The van der Waals surface area contributed by atoms with Gasteiger partial charge < -0.3 is 13.7 Å². The Morgan fingerprint density at radius 3 is 2.60 bits per heavy atom. The number of hydrogen-bond donors (Lipinski definition) is 0. The van der Waals surface area contributed by atoms with E-state index in [0.29, 0.717) is 21.5 Å². The molecular formula is C18H12N6O5S. The van der Waals surface area contributed by atoms with E-state index < -0.39 is 10.9 Å². The van der Waals surface area contributed by atoms with Crippen LogP contribution in [0.1, 0.15) is 10.4 Å². The summed E-state index contributed by atoms with van der Waals surface area (Å²) < 4.78 is 12.0. The first kappa shape index (κ1) is 19.3. The van der Waals surface area contributed by atoms with Gasteiger partial charge in [0.2, 0.25) is 12.3 Å². The quantitative estimate of drug-likeness (QED) is 0.196. The van der Waals surface area contributed by atoms with E-state index in [1.54, 1.807) is 35.9 Å². The van der Waals surface area contributed by atoms with Crippen LogP contribution in [0.5, 0.6) is 5.75 Å². The van der Waals surface area contributed by atoms with Crippen molar-refractivity contribution in [3.63, 3.8) is 0 Å². The lowest BCUT2D eigenvalue weighted by Crippen LogP contribution is -2.09. The molecule has 11 nitrogen and oxygen atoms in total. The molecule has 4 rings (SSSR count). The first-order valence-electron chi connectivity index (χ1n) is 8.40. The lowest BCUT2D eigenvalue weighted by Gasteiger charge is -2.07. The summed E-state index contributed by atoms with van der Waals surface area (Å²) in [6.07, 6.45) is 2.70.